The highest BCUT2D eigenvalue weighted by molar-refractivity contribution is 6.43. The summed E-state index contributed by atoms with van der Waals surface area (Å²) in [5.41, 5.74) is 1.04. The lowest BCUT2D eigenvalue weighted by Crippen LogP contribution is -2.47. The Hall–Kier alpha value is -1.06. The third kappa shape index (κ3) is 4.98. The largest absolute Gasteiger partial charge is 0.368 e. The minimum Gasteiger partial charge on any atom is -0.368 e. The first kappa shape index (κ1) is 18.7. The minimum atomic E-state index is 0.222. The van der Waals surface area contributed by atoms with E-state index in [4.69, 9.17) is 23.2 Å². The molecule has 2 aliphatic rings. The molecule has 3 rings (SSSR count). The molecular weight excluding hydrogens is 357 g/mol. The zero-order valence-electron chi connectivity index (χ0n) is 14.5. The standard InChI is InChI=1S/C19H25Cl2N3O/c20-17-2-1-3-18(19(17)21)24-12-10-23(11-13-24)9-8-15-4-6-16(7-5-15)22-14-25/h1-3,15-16H,4-13H2/t15-,16-. The highest BCUT2D eigenvalue weighted by Crippen LogP contribution is 2.33. The van der Waals surface area contributed by atoms with Gasteiger partial charge >= 0.3 is 0 Å². The maximum atomic E-state index is 10.3. The number of rotatable bonds is 5. The van der Waals surface area contributed by atoms with Crippen LogP contribution in [0.1, 0.15) is 32.1 Å². The number of halogens is 2. The van der Waals surface area contributed by atoms with Gasteiger partial charge in [-0.3, -0.25) is 4.90 Å². The van der Waals surface area contributed by atoms with E-state index in [1.165, 1.54) is 19.3 Å². The molecule has 0 amide bonds. The smallest absolute Gasteiger partial charge is 0.235 e. The Morgan fingerprint density at radius 1 is 1.08 bits per heavy atom. The summed E-state index contributed by atoms with van der Waals surface area (Å²) in [6.07, 6.45) is 7.41. The third-order valence-electron chi connectivity index (χ3n) is 5.55. The van der Waals surface area contributed by atoms with Crippen molar-refractivity contribution in [3.8, 4) is 0 Å². The van der Waals surface area contributed by atoms with E-state index in [-0.39, 0.29) is 6.04 Å². The van der Waals surface area contributed by atoms with Crippen molar-refractivity contribution in [3.63, 3.8) is 0 Å². The number of aliphatic imine (C=N–C) groups is 1. The summed E-state index contributed by atoms with van der Waals surface area (Å²) in [6, 6.07) is 6.06. The van der Waals surface area contributed by atoms with E-state index in [1.54, 1.807) is 6.08 Å². The lowest BCUT2D eigenvalue weighted by molar-refractivity contribution is 0.217. The van der Waals surface area contributed by atoms with Gasteiger partial charge in [-0.2, -0.15) is 0 Å². The summed E-state index contributed by atoms with van der Waals surface area (Å²) < 4.78 is 0. The second-order valence-electron chi connectivity index (χ2n) is 7.09. The summed E-state index contributed by atoms with van der Waals surface area (Å²) in [6.45, 7) is 5.26. The molecule has 0 unspecified atom stereocenters. The molecule has 0 N–H and O–H groups in total. The number of benzene rings is 1. The Kier molecular flexibility index (Phi) is 6.77. The molecule has 1 aliphatic heterocycles. The first-order valence-electron chi connectivity index (χ1n) is 9.15. The molecule has 1 aromatic rings. The Morgan fingerprint density at radius 2 is 1.80 bits per heavy atom. The number of nitrogens with zero attached hydrogens (tertiary/aromatic N) is 3. The molecule has 4 nitrogen and oxygen atoms in total. The molecule has 0 radical (unpaired) electrons. The first-order valence-corrected chi connectivity index (χ1v) is 9.91. The van der Waals surface area contributed by atoms with E-state index >= 15 is 0 Å². The summed E-state index contributed by atoms with van der Waals surface area (Å²) in [5, 5.41) is 1.28. The average Bonchev–Trinajstić information content (AvgIpc) is 2.64. The molecule has 2 fully saturated rings. The van der Waals surface area contributed by atoms with Crippen LogP contribution < -0.4 is 4.90 Å². The van der Waals surface area contributed by atoms with E-state index in [0.29, 0.717) is 10.0 Å². The zero-order chi connectivity index (χ0) is 17.6. The zero-order valence-corrected chi connectivity index (χ0v) is 16.0. The van der Waals surface area contributed by atoms with Gasteiger partial charge in [-0.1, -0.05) is 29.3 Å². The van der Waals surface area contributed by atoms with Crippen molar-refractivity contribution in [1.29, 1.82) is 0 Å². The van der Waals surface area contributed by atoms with Gasteiger partial charge < -0.3 is 4.90 Å². The molecule has 1 heterocycles. The Bertz CT molecular complexity index is 617. The SMILES string of the molecule is O=C=N[C@H]1CC[C@H](CCN2CCN(c3cccc(Cl)c3Cl)CC2)CC1. The molecule has 25 heavy (non-hydrogen) atoms. The van der Waals surface area contributed by atoms with Gasteiger partial charge in [0.05, 0.1) is 21.8 Å². The van der Waals surface area contributed by atoms with Crippen molar-refractivity contribution in [2.45, 2.75) is 38.1 Å². The second kappa shape index (κ2) is 9.05. The van der Waals surface area contributed by atoms with Gasteiger partial charge in [0, 0.05) is 26.2 Å². The fraction of sp³-hybridized carbons (Fsp3) is 0.632. The van der Waals surface area contributed by atoms with Crippen molar-refractivity contribution < 1.29 is 4.79 Å². The molecule has 136 valence electrons. The van der Waals surface area contributed by atoms with Crippen LogP contribution in [0, 0.1) is 5.92 Å². The number of hydrogen-bond acceptors (Lipinski definition) is 4. The predicted molar refractivity (Wildman–Crippen MR) is 104 cm³/mol. The van der Waals surface area contributed by atoms with Crippen LogP contribution in [0.4, 0.5) is 5.69 Å². The van der Waals surface area contributed by atoms with E-state index in [1.807, 2.05) is 18.2 Å². The molecule has 0 atom stereocenters. The highest BCUT2D eigenvalue weighted by Gasteiger charge is 2.23. The van der Waals surface area contributed by atoms with Gasteiger partial charge in [0.15, 0.2) is 0 Å². The molecule has 0 spiro atoms. The van der Waals surface area contributed by atoms with Crippen molar-refractivity contribution in [2.75, 3.05) is 37.6 Å². The molecule has 6 heteroatoms. The summed E-state index contributed by atoms with van der Waals surface area (Å²) in [4.78, 5) is 19.1. The van der Waals surface area contributed by atoms with Crippen molar-refractivity contribution in [3.05, 3.63) is 28.2 Å². The topological polar surface area (TPSA) is 35.9 Å². The normalized spacial score (nSPS) is 24.8. The molecule has 1 saturated heterocycles. The number of anilines is 1. The van der Waals surface area contributed by atoms with Gasteiger partial charge in [-0.05, 0) is 56.7 Å². The Morgan fingerprint density at radius 3 is 2.48 bits per heavy atom. The summed E-state index contributed by atoms with van der Waals surface area (Å²) >= 11 is 12.5. The number of isocyanates is 1. The van der Waals surface area contributed by atoms with E-state index < -0.39 is 0 Å². The lowest BCUT2D eigenvalue weighted by Gasteiger charge is -2.37. The maximum Gasteiger partial charge on any atom is 0.235 e. The fourth-order valence-corrected chi connectivity index (χ4v) is 4.37. The fourth-order valence-electron chi connectivity index (χ4n) is 3.95. The summed E-state index contributed by atoms with van der Waals surface area (Å²) in [7, 11) is 0. The number of carbonyl (C=O) groups excluding carboxylic acids is 1. The second-order valence-corrected chi connectivity index (χ2v) is 7.87. The van der Waals surface area contributed by atoms with E-state index in [9.17, 15) is 4.79 Å². The van der Waals surface area contributed by atoms with Gasteiger partial charge in [-0.25, -0.2) is 9.79 Å². The molecule has 1 aromatic carbocycles. The van der Waals surface area contributed by atoms with Crippen LogP contribution in [0.3, 0.4) is 0 Å². The number of piperazine rings is 1. The van der Waals surface area contributed by atoms with Crippen LogP contribution >= 0.6 is 23.2 Å². The van der Waals surface area contributed by atoms with Crippen LogP contribution in [-0.4, -0.2) is 49.7 Å². The highest BCUT2D eigenvalue weighted by atomic mass is 35.5. The van der Waals surface area contributed by atoms with Gasteiger partial charge in [0.25, 0.3) is 0 Å². The van der Waals surface area contributed by atoms with Gasteiger partial charge in [0.1, 0.15) is 0 Å². The molecule has 0 aromatic heterocycles. The summed E-state index contributed by atoms with van der Waals surface area (Å²) in [5.74, 6) is 0.776. The quantitative estimate of drug-likeness (QED) is 0.559. The van der Waals surface area contributed by atoms with Crippen LogP contribution in [0.2, 0.25) is 10.0 Å². The molecule has 0 bridgehead atoms. The predicted octanol–water partition coefficient (Wildman–Crippen LogP) is 4.40. The van der Waals surface area contributed by atoms with Crippen LogP contribution in [0.15, 0.2) is 23.2 Å². The Labute approximate surface area is 159 Å². The molecule has 1 aliphatic carbocycles. The van der Waals surface area contributed by atoms with E-state index in [0.717, 1.165) is 57.2 Å². The van der Waals surface area contributed by atoms with Crippen LogP contribution in [0.5, 0.6) is 0 Å². The minimum absolute atomic E-state index is 0.222. The molecular formula is C19H25Cl2N3O. The van der Waals surface area contributed by atoms with Gasteiger partial charge in [-0.15, -0.1) is 0 Å². The van der Waals surface area contributed by atoms with Crippen molar-refractivity contribution >= 4 is 35.0 Å². The van der Waals surface area contributed by atoms with Crippen LogP contribution in [-0.2, 0) is 4.79 Å². The maximum absolute atomic E-state index is 10.3. The average molecular weight is 382 g/mol. The van der Waals surface area contributed by atoms with Crippen LogP contribution in [0.25, 0.3) is 0 Å². The first-order chi connectivity index (χ1) is 12.2. The number of hydrogen-bond donors (Lipinski definition) is 0. The van der Waals surface area contributed by atoms with E-state index in [2.05, 4.69) is 14.8 Å². The Balaban J connectivity index is 1.41. The monoisotopic (exact) mass is 381 g/mol. The van der Waals surface area contributed by atoms with Crippen molar-refractivity contribution in [1.82, 2.24) is 4.90 Å². The van der Waals surface area contributed by atoms with Gasteiger partial charge in [0.2, 0.25) is 6.08 Å². The molecule has 1 saturated carbocycles. The third-order valence-corrected chi connectivity index (χ3v) is 6.36. The van der Waals surface area contributed by atoms with Crippen molar-refractivity contribution in [2.24, 2.45) is 10.9 Å². The lowest BCUT2D eigenvalue weighted by atomic mass is 9.84.